The second-order valence-corrected chi connectivity index (χ2v) is 12.6. The maximum Gasteiger partial charge on any atom is 0.252 e. The summed E-state index contributed by atoms with van der Waals surface area (Å²) < 4.78 is 68.8. The van der Waals surface area contributed by atoms with Gasteiger partial charge >= 0.3 is 0 Å². The summed E-state index contributed by atoms with van der Waals surface area (Å²) in [7, 11) is -4.36. The first kappa shape index (κ1) is 33.2. The largest absolute Gasteiger partial charge is 0.348 e. The first-order valence-electron chi connectivity index (χ1n) is 14.3. The van der Waals surface area contributed by atoms with E-state index in [2.05, 4.69) is 10.6 Å². The molecule has 0 unspecified atom stereocenters. The molecule has 0 heterocycles. The van der Waals surface area contributed by atoms with E-state index in [9.17, 15) is 26.8 Å². The number of rotatable bonds is 13. The molecule has 0 bridgehead atoms. The molecular weight excluding hydrogens is 601 g/mol. The van der Waals surface area contributed by atoms with Crippen LogP contribution in [-0.2, 0) is 33.2 Å². The molecule has 4 rings (SSSR count). The normalized spacial score (nSPS) is 13.1. The summed E-state index contributed by atoms with van der Waals surface area (Å²) in [6.45, 7) is 1.89. The van der Waals surface area contributed by atoms with Crippen molar-refractivity contribution in [3.63, 3.8) is 0 Å². The Kier molecular flexibility index (Phi) is 11.3. The smallest absolute Gasteiger partial charge is 0.252 e. The van der Waals surface area contributed by atoms with Gasteiger partial charge in [0.25, 0.3) is 5.91 Å². The van der Waals surface area contributed by atoms with Crippen molar-refractivity contribution >= 4 is 21.7 Å². The Labute approximate surface area is 260 Å². The van der Waals surface area contributed by atoms with Crippen molar-refractivity contribution in [2.45, 2.75) is 44.0 Å². The Balaban J connectivity index is 1.61. The fraction of sp³-hybridized carbons (Fsp3) is 0.200. The lowest BCUT2D eigenvalue weighted by Crippen LogP contribution is -2.50. The highest BCUT2D eigenvalue weighted by molar-refractivity contribution is 7.94. The van der Waals surface area contributed by atoms with Crippen LogP contribution in [-0.4, -0.2) is 32.3 Å². The van der Waals surface area contributed by atoms with Crippen molar-refractivity contribution in [1.82, 2.24) is 10.6 Å². The third kappa shape index (κ3) is 10.2. The number of aryl methyl sites for hydroxylation is 2. The van der Waals surface area contributed by atoms with Crippen LogP contribution in [0.4, 0.5) is 13.2 Å². The van der Waals surface area contributed by atoms with Crippen molar-refractivity contribution in [2.24, 2.45) is 0 Å². The predicted octanol–water partition coefficient (Wildman–Crippen LogP) is 6.16. The van der Waals surface area contributed by atoms with E-state index in [1.54, 1.807) is 42.5 Å². The van der Waals surface area contributed by atoms with Gasteiger partial charge in [-0.25, -0.2) is 17.2 Å². The third-order valence-electron chi connectivity index (χ3n) is 7.05. The second kappa shape index (κ2) is 15.3. The van der Waals surface area contributed by atoms with Crippen LogP contribution in [0.25, 0.3) is 0 Å². The summed E-state index contributed by atoms with van der Waals surface area (Å²) in [6, 6.07) is 24.5. The van der Waals surface area contributed by atoms with Gasteiger partial charge < -0.3 is 10.6 Å². The van der Waals surface area contributed by atoms with Gasteiger partial charge in [0.2, 0.25) is 20.9 Å². The zero-order valence-electron chi connectivity index (χ0n) is 24.6. The molecule has 0 aliphatic heterocycles. The number of carbonyl (C=O) groups is 2. The number of amides is 2. The van der Waals surface area contributed by atoms with Gasteiger partial charge in [-0.3, -0.25) is 9.59 Å². The average Bonchev–Trinajstić information content (AvgIpc) is 3.00. The molecule has 10 heteroatoms. The first-order chi connectivity index (χ1) is 21.5. The fourth-order valence-electron chi connectivity index (χ4n) is 4.67. The topological polar surface area (TPSA) is 92.3 Å². The molecular formula is C35H33F3N2O4S. The maximum absolute atomic E-state index is 15.4. The van der Waals surface area contributed by atoms with E-state index in [1.807, 2.05) is 49.4 Å². The summed E-state index contributed by atoms with van der Waals surface area (Å²) in [5, 5.41) is 3.82. The minimum absolute atomic E-state index is 0.000438. The number of hydrogen-bond acceptors (Lipinski definition) is 4. The highest BCUT2D eigenvalue weighted by Gasteiger charge is 2.26. The van der Waals surface area contributed by atoms with Gasteiger partial charge in [-0.2, -0.15) is 4.39 Å². The summed E-state index contributed by atoms with van der Waals surface area (Å²) in [5.74, 6) is -4.11. The minimum Gasteiger partial charge on any atom is -0.348 e. The third-order valence-corrected chi connectivity index (χ3v) is 8.49. The van der Waals surface area contributed by atoms with Crippen molar-refractivity contribution in [3.8, 4) is 0 Å². The highest BCUT2D eigenvalue weighted by Crippen LogP contribution is 2.19. The summed E-state index contributed by atoms with van der Waals surface area (Å²) in [6.07, 6.45) is 1.39. The monoisotopic (exact) mass is 634 g/mol. The molecule has 0 aliphatic carbocycles. The molecule has 4 aromatic carbocycles. The Morgan fingerprint density at radius 1 is 0.778 bits per heavy atom. The number of benzene rings is 4. The first-order valence-corrected chi connectivity index (χ1v) is 15.9. The van der Waals surface area contributed by atoms with Crippen LogP contribution in [0, 0.1) is 18.6 Å². The fourth-order valence-corrected chi connectivity index (χ4v) is 5.81. The number of hydrogen-bond donors (Lipinski definition) is 2. The van der Waals surface area contributed by atoms with Gasteiger partial charge in [-0.1, -0.05) is 90.5 Å². The quantitative estimate of drug-likeness (QED) is 0.184. The summed E-state index contributed by atoms with van der Waals surface area (Å²) in [5.41, 5.74) is 2.61. The lowest BCUT2D eigenvalue weighted by molar-refractivity contribution is -0.123. The van der Waals surface area contributed by atoms with E-state index in [-0.39, 0.29) is 18.4 Å². The molecule has 4 aromatic rings. The van der Waals surface area contributed by atoms with Crippen molar-refractivity contribution in [3.05, 3.63) is 154 Å². The Bertz CT molecular complexity index is 1730. The minimum atomic E-state index is -4.36. The van der Waals surface area contributed by atoms with E-state index in [0.717, 1.165) is 29.3 Å². The lowest BCUT2D eigenvalue weighted by Gasteiger charge is -2.23. The van der Waals surface area contributed by atoms with Crippen LogP contribution in [0.3, 0.4) is 0 Å². The Hall–Kier alpha value is -4.70. The molecule has 0 spiro atoms. The Morgan fingerprint density at radius 2 is 1.36 bits per heavy atom. The van der Waals surface area contributed by atoms with E-state index < -0.39 is 56.3 Å². The van der Waals surface area contributed by atoms with Gasteiger partial charge in [-0.05, 0) is 54.7 Å². The molecule has 0 aliphatic rings. The summed E-state index contributed by atoms with van der Waals surface area (Å²) >= 11 is 0. The average molecular weight is 635 g/mol. The van der Waals surface area contributed by atoms with Gasteiger partial charge in [0, 0.05) is 18.1 Å². The zero-order valence-corrected chi connectivity index (χ0v) is 25.4. The number of nitrogens with one attached hydrogen (secondary N) is 2. The SMILES string of the molecule is Cc1ccc(C[C@H](NC(=O)c2cc(F)cc(F)c2)C(=O)N[C@H](/C=C(\F)S(=O)(=O)Cc2ccccc2)CCc2ccccc2)cc1. The Morgan fingerprint density at radius 3 is 1.96 bits per heavy atom. The molecule has 0 radical (unpaired) electrons. The van der Waals surface area contributed by atoms with Crippen LogP contribution >= 0.6 is 0 Å². The number of carbonyl (C=O) groups excluding carboxylic acids is 2. The second-order valence-electron chi connectivity index (χ2n) is 10.7. The van der Waals surface area contributed by atoms with E-state index in [1.165, 1.54) is 0 Å². The molecule has 2 atom stereocenters. The van der Waals surface area contributed by atoms with Crippen LogP contribution in [0.2, 0.25) is 0 Å². The molecule has 0 aromatic heterocycles. The zero-order chi connectivity index (χ0) is 32.4. The van der Waals surface area contributed by atoms with Gasteiger partial charge in [0.05, 0.1) is 11.8 Å². The predicted molar refractivity (Wildman–Crippen MR) is 167 cm³/mol. The van der Waals surface area contributed by atoms with Crippen LogP contribution in [0.15, 0.2) is 114 Å². The van der Waals surface area contributed by atoms with Crippen LogP contribution in [0.1, 0.15) is 39.0 Å². The molecule has 6 nitrogen and oxygen atoms in total. The lowest BCUT2D eigenvalue weighted by atomic mass is 10.0. The molecule has 2 amide bonds. The van der Waals surface area contributed by atoms with Crippen molar-refractivity contribution in [1.29, 1.82) is 0 Å². The number of sulfone groups is 1. The van der Waals surface area contributed by atoms with Gasteiger partial charge in [0.1, 0.15) is 17.7 Å². The molecule has 0 saturated heterocycles. The van der Waals surface area contributed by atoms with Gasteiger partial charge in [0.15, 0.2) is 0 Å². The highest BCUT2D eigenvalue weighted by atomic mass is 32.2. The van der Waals surface area contributed by atoms with Crippen molar-refractivity contribution in [2.75, 3.05) is 0 Å². The van der Waals surface area contributed by atoms with E-state index in [0.29, 0.717) is 23.6 Å². The molecule has 45 heavy (non-hydrogen) atoms. The molecule has 0 fully saturated rings. The molecule has 234 valence electrons. The van der Waals surface area contributed by atoms with E-state index in [4.69, 9.17) is 0 Å². The number of halogens is 3. The molecule has 2 N–H and O–H groups in total. The van der Waals surface area contributed by atoms with Crippen LogP contribution < -0.4 is 10.6 Å². The standard InChI is InChI=1S/C35H33F3N2O4S/c1-24-12-14-26(15-13-24)18-32(40-34(41)28-19-29(36)21-30(37)20-28)35(42)39-31(17-16-25-8-4-2-5-9-25)22-33(38)45(43,44)23-27-10-6-3-7-11-27/h2-15,19-22,31-32H,16-18,23H2,1H3,(H,39,42)(H,40,41)/b33-22+/t31-,32-/m0/s1. The van der Waals surface area contributed by atoms with Gasteiger partial charge in [-0.15, -0.1) is 0 Å². The van der Waals surface area contributed by atoms with Crippen molar-refractivity contribution < 1.29 is 31.2 Å². The van der Waals surface area contributed by atoms with E-state index >= 15 is 4.39 Å². The van der Waals surface area contributed by atoms with Crippen LogP contribution in [0.5, 0.6) is 0 Å². The molecule has 0 saturated carbocycles. The summed E-state index contributed by atoms with van der Waals surface area (Å²) in [4.78, 5) is 26.7. The maximum atomic E-state index is 15.4.